The van der Waals surface area contributed by atoms with Crippen LogP contribution < -0.4 is 15.5 Å². The average Bonchev–Trinajstić information content (AvgIpc) is 2.80. The first-order chi connectivity index (χ1) is 15.9. The summed E-state index contributed by atoms with van der Waals surface area (Å²) < 4.78 is 0. The Kier molecular flexibility index (Phi) is 6.79. The monoisotopic (exact) mass is 448 g/mol. The molecule has 2 atom stereocenters. The molecule has 2 aromatic carbocycles. The van der Waals surface area contributed by atoms with Gasteiger partial charge in [0.05, 0.1) is 12.6 Å². The first kappa shape index (κ1) is 23.0. The molecule has 1 fully saturated rings. The number of likely N-dealkylation sites (tertiary alicyclic amines) is 1. The lowest BCUT2D eigenvalue weighted by molar-refractivity contribution is -0.123. The van der Waals surface area contributed by atoms with Gasteiger partial charge in [-0.15, -0.1) is 0 Å². The second kappa shape index (κ2) is 9.75. The highest BCUT2D eigenvalue weighted by molar-refractivity contribution is 5.98. The van der Waals surface area contributed by atoms with Crippen molar-refractivity contribution in [1.29, 1.82) is 0 Å². The third-order valence-electron chi connectivity index (χ3n) is 6.86. The predicted molar refractivity (Wildman–Crippen MR) is 129 cm³/mol. The SMILES string of the molecule is CC(=O)N1c2ccccc2[C@@H](N(C(=O)CN2CCC(C(N)=O)CC2)c2ccccc2)C[C@H]1C. The molecule has 0 aliphatic carbocycles. The van der Waals surface area contributed by atoms with Gasteiger partial charge in [0.25, 0.3) is 0 Å². The molecule has 2 aliphatic rings. The summed E-state index contributed by atoms with van der Waals surface area (Å²) in [5.41, 5.74) is 8.16. The number of fused-ring (bicyclic) bond motifs is 1. The minimum absolute atomic E-state index is 0.00306. The largest absolute Gasteiger partial charge is 0.369 e. The van der Waals surface area contributed by atoms with Crippen molar-refractivity contribution in [3.05, 3.63) is 60.2 Å². The molecule has 3 amide bonds. The van der Waals surface area contributed by atoms with E-state index in [1.165, 1.54) is 0 Å². The molecule has 4 rings (SSSR count). The zero-order valence-corrected chi connectivity index (χ0v) is 19.3. The molecule has 0 unspecified atom stereocenters. The second-order valence-electron chi connectivity index (χ2n) is 9.10. The normalized spacial score (nSPS) is 21.3. The van der Waals surface area contributed by atoms with Gasteiger partial charge >= 0.3 is 0 Å². The first-order valence-electron chi connectivity index (χ1n) is 11.6. The highest BCUT2D eigenvalue weighted by Gasteiger charge is 2.38. The van der Waals surface area contributed by atoms with Crippen LogP contribution >= 0.6 is 0 Å². The van der Waals surface area contributed by atoms with Gasteiger partial charge in [-0.05, 0) is 63.0 Å². The molecule has 1 saturated heterocycles. The minimum atomic E-state index is -0.255. The quantitative estimate of drug-likeness (QED) is 0.762. The van der Waals surface area contributed by atoms with Crippen LogP contribution in [0.5, 0.6) is 0 Å². The molecule has 2 aliphatic heterocycles. The van der Waals surface area contributed by atoms with Gasteiger partial charge in [0.1, 0.15) is 0 Å². The number of benzene rings is 2. The summed E-state index contributed by atoms with van der Waals surface area (Å²) in [5.74, 6) is -0.342. The molecule has 0 aromatic heterocycles. The van der Waals surface area contributed by atoms with E-state index in [-0.39, 0.29) is 42.3 Å². The van der Waals surface area contributed by atoms with Crippen LogP contribution in [0.2, 0.25) is 0 Å². The number of rotatable bonds is 5. The molecular weight excluding hydrogens is 416 g/mol. The van der Waals surface area contributed by atoms with Crippen LogP contribution in [-0.2, 0) is 14.4 Å². The van der Waals surface area contributed by atoms with Crippen molar-refractivity contribution in [2.45, 2.75) is 45.2 Å². The van der Waals surface area contributed by atoms with Gasteiger partial charge in [-0.3, -0.25) is 19.3 Å². The van der Waals surface area contributed by atoms with Crippen molar-refractivity contribution in [3.8, 4) is 0 Å². The highest BCUT2D eigenvalue weighted by Crippen LogP contribution is 2.42. The maximum absolute atomic E-state index is 13.8. The zero-order valence-electron chi connectivity index (χ0n) is 19.3. The Morgan fingerprint density at radius 2 is 1.64 bits per heavy atom. The Morgan fingerprint density at radius 1 is 1.00 bits per heavy atom. The summed E-state index contributed by atoms with van der Waals surface area (Å²) in [6.07, 6.45) is 2.02. The predicted octanol–water partition coefficient (Wildman–Crippen LogP) is 3.10. The smallest absolute Gasteiger partial charge is 0.241 e. The highest BCUT2D eigenvalue weighted by atomic mass is 16.2. The van der Waals surface area contributed by atoms with Gasteiger partial charge in [0.15, 0.2) is 0 Å². The number of piperidine rings is 1. The summed E-state index contributed by atoms with van der Waals surface area (Å²) in [5, 5.41) is 0. The maximum Gasteiger partial charge on any atom is 0.241 e. The van der Waals surface area contributed by atoms with Crippen LogP contribution in [0.4, 0.5) is 11.4 Å². The van der Waals surface area contributed by atoms with Crippen molar-refractivity contribution in [1.82, 2.24) is 4.90 Å². The number of anilines is 2. The lowest BCUT2D eigenvalue weighted by Gasteiger charge is -2.44. The number of amides is 3. The lowest BCUT2D eigenvalue weighted by Crippen LogP contribution is -2.50. The van der Waals surface area contributed by atoms with Crippen molar-refractivity contribution in [3.63, 3.8) is 0 Å². The molecule has 7 heteroatoms. The molecule has 2 N–H and O–H groups in total. The zero-order chi connectivity index (χ0) is 23.5. The average molecular weight is 449 g/mol. The minimum Gasteiger partial charge on any atom is -0.369 e. The third kappa shape index (κ3) is 4.78. The van der Waals surface area contributed by atoms with Gasteiger partial charge in [0.2, 0.25) is 17.7 Å². The van der Waals surface area contributed by atoms with Gasteiger partial charge in [0, 0.05) is 30.3 Å². The van der Waals surface area contributed by atoms with E-state index in [4.69, 9.17) is 5.73 Å². The van der Waals surface area contributed by atoms with E-state index in [9.17, 15) is 14.4 Å². The lowest BCUT2D eigenvalue weighted by atomic mass is 9.89. The summed E-state index contributed by atoms with van der Waals surface area (Å²) in [6.45, 7) is 5.26. The first-order valence-corrected chi connectivity index (χ1v) is 11.6. The summed E-state index contributed by atoms with van der Waals surface area (Å²) in [4.78, 5) is 43.5. The molecule has 2 aromatic rings. The fraction of sp³-hybridized carbons (Fsp3) is 0.423. The van der Waals surface area contributed by atoms with E-state index in [1.54, 1.807) is 6.92 Å². The van der Waals surface area contributed by atoms with Crippen LogP contribution in [0, 0.1) is 5.92 Å². The summed E-state index contributed by atoms with van der Waals surface area (Å²) in [7, 11) is 0. The molecule has 33 heavy (non-hydrogen) atoms. The number of nitrogens with zero attached hydrogens (tertiary/aromatic N) is 3. The van der Waals surface area contributed by atoms with Crippen molar-refractivity contribution < 1.29 is 14.4 Å². The molecule has 7 nitrogen and oxygen atoms in total. The fourth-order valence-electron chi connectivity index (χ4n) is 5.24. The number of primary amides is 1. The van der Waals surface area contributed by atoms with Crippen LogP contribution in [0.25, 0.3) is 0 Å². The number of nitrogens with two attached hydrogens (primary N) is 1. The fourth-order valence-corrected chi connectivity index (χ4v) is 5.24. The molecule has 0 saturated carbocycles. The Morgan fingerprint density at radius 3 is 2.27 bits per heavy atom. The maximum atomic E-state index is 13.8. The molecule has 0 radical (unpaired) electrons. The Bertz CT molecular complexity index is 1020. The number of hydrogen-bond acceptors (Lipinski definition) is 4. The number of para-hydroxylation sites is 2. The van der Waals surface area contributed by atoms with E-state index in [2.05, 4.69) is 4.90 Å². The van der Waals surface area contributed by atoms with Crippen LogP contribution in [0.1, 0.15) is 44.7 Å². The standard InChI is InChI=1S/C26H32N4O3/c1-18-16-24(22-10-6-7-11-23(22)29(18)19(2)31)30(21-8-4-3-5-9-21)25(32)17-28-14-12-20(13-15-28)26(27)33/h3-11,18,20,24H,12-17H2,1-2H3,(H2,27,33)/t18-,24+/m1/s1. The van der Waals surface area contributed by atoms with Gasteiger partial charge in [-0.1, -0.05) is 36.4 Å². The van der Waals surface area contributed by atoms with Crippen LogP contribution in [0.3, 0.4) is 0 Å². The van der Waals surface area contributed by atoms with E-state index in [0.717, 1.165) is 16.9 Å². The van der Waals surface area contributed by atoms with Gasteiger partial charge in [-0.2, -0.15) is 0 Å². The third-order valence-corrected chi connectivity index (χ3v) is 6.86. The van der Waals surface area contributed by atoms with Crippen molar-refractivity contribution in [2.75, 3.05) is 29.4 Å². The Hall–Kier alpha value is -3.19. The van der Waals surface area contributed by atoms with Crippen LogP contribution in [0.15, 0.2) is 54.6 Å². The van der Waals surface area contributed by atoms with E-state index in [1.807, 2.05) is 71.3 Å². The van der Waals surface area contributed by atoms with E-state index in [0.29, 0.717) is 32.4 Å². The Labute approximate surface area is 195 Å². The van der Waals surface area contributed by atoms with Crippen molar-refractivity contribution in [2.24, 2.45) is 11.7 Å². The summed E-state index contributed by atoms with van der Waals surface area (Å²) in [6, 6.07) is 17.4. The molecular formula is C26H32N4O3. The number of carbonyl (C=O) groups is 3. The van der Waals surface area contributed by atoms with Crippen LogP contribution in [-0.4, -0.2) is 48.3 Å². The molecule has 0 bridgehead atoms. The van der Waals surface area contributed by atoms with Crippen molar-refractivity contribution >= 4 is 29.1 Å². The molecule has 0 spiro atoms. The van der Waals surface area contributed by atoms with Gasteiger partial charge in [-0.25, -0.2) is 0 Å². The molecule has 174 valence electrons. The number of hydrogen-bond donors (Lipinski definition) is 1. The Balaban J connectivity index is 1.64. The summed E-state index contributed by atoms with van der Waals surface area (Å²) >= 11 is 0. The van der Waals surface area contributed by atoms with E-state index < -0.39 is 0 Å². The van der Waals surface area contributed by atoms with E-state index >= 15 is 0 Å². The van der Waals surface area contributed by atoms with Gasteiger partial charge < -0.3 is 15.5 Å². The topological polar surface area (TPSA) is 87.0 Å². The number of carbonyl (C=O) groups excluding carboxylic acids is 3. The molecule has 2 heterocycles. The second-order valence-corrected chi connectivity index (χ2v) is 9.10.